The summed E-state index contributed by atoms with van der Waals surface area (Å²) in [6.07, 6.45) is 3.24. The van der Waals surface area contributed by atoms with Gasteiger partial charge in [0.05, 0.1) is 12.0 Å². The van der Waals surface area contributed by atoms with Crippen LogP contribution in [0.15, 0.2) is 91.0 Å². The Morgan fingerprint density at radius 3 is 1.60 bits per heavy atom. The van der Waals surface area contributed by atoms with Crippen LogP contribution in [0.3, 0.4) is 0 Å². The summed E-state index contributed by atoms with van der Waals surface area (Å²) in [7, 11) is -5.33. The number of unbranched alkanes of at least 4 members (excludes halogenated alkanes) is 3. The van der Waals surface area contributed by atoms with Gasteiger partial charge in [0, 0.05) is 0 Å². The molecule has 0 amide bonds. The predicted molar refractivity (Wildman–Crippen MR) is 204 cm³/mol. The van der Waals surface area contributed by atoms with Crippen molar-refractivity contribution in [3.63, 3.8) is 0 Å². The molecular weight excluding hydrogens is 613 g/mol. The molecule has 4 nitrogen and oxygen atoms in total. The Labute approximate surface area is 288 Å². The molecule has 3 aromatic carbocycles. The molecule has 3 rings (SSSR count). The van der Waals surface area contributed by atoms with Crippen molar-refractivity contribution in [2.75, 3.05) is 0 Å². The van der Waals surface area contributed by atoms with Gasteiger partial charge in [-0.1, -0.05) is 165 Å². The van der Waals surface area contributed by atoms with Crippen LogP contribution in [-0.4, -0.2) is 39.7 Å². The highest BCUT2D eigenvalue weighted by atomic mass is 28.4. The molecular formula is C41H62O4Si2. The van der Waals surface area contributed by atoms with Gasteiger partial charge in [0.15, 0.2) is 14.1 Å². The molecule has 0 saturated heterocycles. The second kappa shape index (κ2) is 15.9. The number of ketones is 1. The molecule has 47 heavy (non-hydrogen) atoms. The summed E-state index contributed by atoms with van der Waals surface area (Å²) >= 11 is 0. The molecule has 0 aliphatic rings. The van der Waals surface area contributed by atoms with Crippen LogP contribution in [0.1, 0.15) is 100.0 Å². The SMILES string of the molecule is CCCCCC[C@@H](C(=O)[C@H](C)O[Si](C)(C)C(C)(C)C)[C@@](O)(c1ccccc1)[C@H](C)O[Si](c1ccccc1)(c1ccccc1)C(C)(C)C. The zero-order chi connectivity index (χ0) is 35.1. The Hall–Kier alpha value is -2.36. The first kappa shape index (κ1) is 39.1. The van der Waals surface area contributed by atoms with Crippen LogP contribution in [0.5, 0.6) is 0 Å². The fourth-order valence-corrected chi connectivity index (χ4v) is 12.9. The molecule has 0 bridgehead atoms. The zero-order valence-electron chi connectivity index (χ0n) is 31.1. The van der Waals surface area contributed by atoms with Gasteiger partial charge in [0.2, 0.25) is 0 Å². The molecule has 0 aromatic heterocycles. The Morgan fingerprint density at radius 2 is 1.17 bits per heavy atom. The first-order chi connectivity index (χ1) is 21.9. The van der Waals surface area contributed by atoms with E-state index >= 15 is 0 Å². The summed E-state index contributed by atoms with van der Waals surface area (Å²) in [6.45, 7) is 23.8. The summed E-state index contributed by atoms with van der Waals surface area (Å²) < 4.78 is 14.3. The molecule has 1 N–H and O–H groups in total. The summed E-state index contributed by atoms with van der Waals surface area (Å²) in [5.41, 5.74) is -0.887. The van der Waals surface area contributed by atoms with E-state index in [-0.39, 0.29) is 15.9 Å². The first-order valence-electron chi connectivity index (χ1n) is 17.7. The fourth-order valence-electron chi connectivity index (χ4n) is 6.79. The van der Waals surface area contributed by atoms with Crippen molar-refractivity contribution in [3.05, 3.63) is 96.6 Å². The Morgan fingerprint density at radius 1 is 0.702 bits per heavy atom. The van der Waals surface area contributed by atoms with Gasteiger partial charge in [-0.3, -0.25) is 4.79 Å². The van der Waals surface area contributed by atoms with Crippen molar-refractivity contribution in [3.8, 4) is 0 Å². The minimum Gasteiger partial charge on any atom is -0.407 e. The van der Waals surface area contributed by atoms with Crippen molar-refractivity contribution in [1.29, 1.82) is 0 Å². The normalized spacial score (nSPS) is 16.3. The molecule has 0 saturated carbocycles. The van der Waals surface area contributed by atoms with Crippen LogP contribution < -0.4 is 10.4 Å². The standard InChI is InChI=1S/C41H62O4Si2/c1-12-13-14-24-31-37(38(42)32(2)44-46(10,11)39(4,5)6)41(43,34-25-18-15-19-26-34)33(3)45-47(40(7,8)9,35-27-20-16-21-28-35)36-29-22-17-23-30-36/h15-23,25-30,32-33,37,43H,12-14,24,31H2,1-11H3/t32-,33-,37-,41-/m0/s1. The highest BCUT2D eigenvalue weighted by Gasteiger charge is 2.56. The van der Waals surface area contributed by atoms with Crippen LogP contribution >= 0.6 is 0 Å². The van der Waals surface area contributed by atoms with E-state index in [0.29, 0.717) is 12.0 Å². The van der Waals surface area contributed by atoms with E-state index in [1.807, 2.05) is 56.3 Å². The van der Waals surface area contributed by atoms with Crippen molar-refractivity contribution in [1.82, 2.24) is 0 Å². The third-order valence-corrected chi connectivity index (χ3v) is 20.2. The maximum absolute atomic E-state index is 14.8. The molecule has 3 aromatic rings. The lowest BCUT2D eigenvalue weighted by atomic mass is 9.72. The highest BCUT2D eigenvalue weighted by Crippen LogP contribution is 2.45. The molecule has 0 fully saturated rings. The number of benzene rings is 3. The van der Waals surface area contributed by atoms with E-state index in [1.165, 1.54) is 0 Å². The maximum Gasteiger partial charge on any atom is 0.261 e. The monoisotopic (exact) mass is 674 g/mol. The number of hydrogen-bond donors (Lipinski definition) is 1. The zero-order valence-corrected chi connectivity index (χ0v) is 33.1. The van der Waals surface area contributed by atoms with Crippen LogP contribution in [-0.2, 0) is 19.2 Å². The Balaban J connectivity index is 2.25. The van der Waals surface area contributed by atoms with Crippen molar-refractivity contribution in [2.45, 2.75) is 135 Å². The van der Waals surface area contributed by atoms with Crippen molar-refractivity contribution >= 4 is 32.8 Å². The molecule has 0 aliphatic carbocycles. The van der Waals surface area contributed by atoms with Crippen molar-refractivity contribution in [2.24, 2.45) is 5.92 Å². The smallest absolute Gasteiger partial charge is 0.261 e. The maximum atomic E-state index is 14.8. The third-order valence-electron chi connectivity index (χ3n) is 10.5. The van der Waals surface area contributed by atoms with Gasteiger partial charge < -0.3 is 14.0 Å². The van der Waals surface area contributed by atoms with Crippen molar-refractivity contribution < 1.29 is 18.8 Å². The number of carbonyl (C=O) groups excluding carboxylic acids is 1. The molecule has 4 atom stereocenters. The number of Topliss-reactive ketones (excluding diaryl/α,β-unsaturated/α-hetero) is 1. The van der Waals surface area contributed by atoms with E-state index < -0.39 is 40.4 Å². The van der Waals surface area contributed by atoms with Gasteiger partial charge in [-0.2, -0.15) is 0 Å². The van der Waals surface area contributed by atoms with Gasteiger partial charge in [0.25, 0.3) is 8.32 Å². The summed E-state index contributed by atoms with van der Waals surface area (Å²) in [6, 6.07) is 30.8. The van der Waals surface area contributed by atoms with Gasteiger partial charge in [-0.15, -0.1) is 0 Å². The average Bonchev–Trinajstić information content (AvgIpc) is 3.02. The van der Waals surface area contributed by atoms with Crippen LogP contribution in [0.2, 0.25) is 23.2 Å². The minimum atomic E-state index is -3.07. The van der Waals surface area contributed by atoms with Crippen LogP contribution in [0.4, 0.5) is 0 Å². The minimum absolute atomic E-state index is 0.0458. The molecule has 6 heteroatoms. The largest absolute Gasteiger partial charge is 0.407 e. The second-order valence-corrected chi connectivity index (χ2v) is 24.9. The molecule has 0 heterocycles. The Kier molecular flexibility index (Phi) is 13.2. The van der Waals surface area contributed by atoms with E-state index in [4.69, 9.17) is 8.85 Å². The number of rotatable bonds is 16. The molecule has 0 aliphatic heterocycles. The lowest BCUT2D eigenvalue weighted by molar-refractivity contribution is -0.153. The topological polar surface area (TPSA) is 55.8 Å². The van der Waals surface area contributed by atoms with Gasteiger partial charge >= 0.3 is 0 Å². The molecule has 0 radical (unpaired) electrons. The number of aliphatic hydroxyl groups is 1. The van der Waals surface area contributed by atoms with Crippen LogP contribution in [0, 0.1) is 5.92 Å². The molecule has 0 spiro atoms. The van der Waals surface area contributed by atoms with E-state index in [2.05, 4.69) is 110 Å². The van der Waals surface area contributed by atoms with Gasteiger partial charge in [-0.25, -0.2) is 0 Å². The summed E-state index contributed by atoms with van der Waals surface area (Å²) in [5, 5.41) is 15.3. The summed E-state index contributed by atoms with van der Waals surface area (Å²) in [4.78, 5) is 14.8. The average molecular weight is 675 g/mol. The van der Waals surface area contributed by atoms with E-state index in [1.54, 1.807) is 0 Å². The first-order valence-corrected chi connectivity index (χ1v) is 22.5. The highest BCUT2D eigenvalue weighted by molar-refractivity contribution is 6.99. The van der Waals surface area contributed by atoms with Gasteiger partial charge in [0.1, 0.15) is 11.7 Å². The fraction of sp³-hybridized carbons (Fsp3) is 0.537. The number of carbonyl (C=O) groups is 1. The second-order valence-electron chi connectivity index (χ2n) is 15.9. The number of hydrogen-bond acceptors (Lipinski definition) is 4. The quantitative estimate of drug-likeness (QED) is 0.122. The molecule has 258 valence electrons. The van der Waals surface area contributed by atoms with E-state index in [0.717, 1.165) is 36.1 Å². The Bertz CT molecular complexity index is 1340. The lowest BCUT2D eigenvalue weighted by Crippen LogP contribution is -2.69. The third kappa shape index (κ3) is 8.63. The van der Waals surface area contributed by atoms with Crippen LogP contribution in [0.25, 0.3) is 0 Å². The molecule has 0 unspecified atom stereocenters. The summed E-state index contributed by atoms with van der Waals surface area (Å²) in [5.74, 6) is -0.759. The van der Waals surface area contributed by atoms with E-state index in [9.17, 15) is 9.90 Å². The van der Waals surface area contributed by atoms with Gasteiger partial charge in [-0.05, 0) is 59.4 Å². The lowest BCUT2D eigenvalue weighted by Gasteiger charge is -2.49. The predicted octanol–water partition coefficient (Wildman–Crippen LogP) is 9.41.